The molecule has 3 heterocycles. The van der Waals surface area contributed by atoms with Gasteiger partial charge < -0.3 is 23.8 Å². The van der Waals surface area contributed by atoms with E-state index in [2.05, 4.69) is 28.7 Å². The van der Waals surface area contributed by atoms with Gasteiger partial charge in [0.2, 0.25) is 17.7 Å². The van der Waals surface area contributed by atoms with Gasteiger partial charge in [0.15, 0.2) is 0 Å². The molecule has 2 atom stereocenters. The first-order chi connectivity index (χ1) is 21.5. The molecular formula is C36H49ClFN3O5. The Hall–Kier alpha value is -3.17. The molecule has 8 nitrogen and oxygen atoms in total. The van der Waals surface area contributed by atoms with E-state index in [-0.39, 0.29) is 30.9 Å². The van der Waals surface area contributed by atoms with Crippen LogP contribution < -0.4 is 9.47 Å². The Morgan fingerprint density at radius 2 is 1.74 bits per heavy atom. The summed E-state index contributed by atoms with van der Waals surface area (Å²) in [5.41, 5.74) is -0.0848. The number of aryl methyl sites for hydroxylation is 1. The molecule has 1 fully saturated rings. The Morgan fingerprint density at radius 3 is 2.33 bits per heavy atom. The lowest BCUT2D eigenvalue weighted by molar-refractivity contribution is -0.180. The van der Waals surface area contributed by atoms with Gasteiger partial charge in [0.25, 0.3) is 0 Å². The highest BCUT2D eigenvalue weighted by Crippen LogP contribution is 2.44. The van der Waals surface area contributed by atoms with E-state index in [1.54, 1.807) is 53.8 Å². The molecule has 2 aromatic rings. The molecule has 1 aromatic heterocycles. The molecule has 2 unspecified atom stereocenters. The Balaban J connectivity index is 1.66. The van der Waals surface area contributed by atoms with Gasteiger partial charge >= 0.3 is 5.97 Å². The number of aromatic nitrogens is 1. The molecule has 252 valence electrons. The van der Waals surface area contributed by atoms with Gasteiger partial charge in [-0.05, 0) is 96.0 Å². The van der Waals surface area contributed by atoms with Gasteiger partial charge in [-0.3, -0.25) is 4.99 Å². The van der Waals surface area contributed by atoms with Crippen molar-refractivity contribution in [2.45, 2.75) is 98.6 Å². The molecule has 0 N–H and O–H groups in total. The molecule has 2 aliphatic rings. The molecule has 0 radical (unpaired) electrons. The summed E-state index contributed by atoms with van der Waals surface area (Å²) in [5.74, 6) is 0.239. The van der Waals surface area contributed by atoms with Gasteiger partial charge in [-0.25, -0.2) is 14.2 Å². The topological polar surface area (TPSA) is 82.5 Å². The Morgan fingerprint density at radius 1 is 1.07 bits per heavy atom. The molecule has 0 aliphatic carbocycles. The van der Waals surface area contributed by atoms with E-state index in [1.165, 1.54) is 0 Å². The fourth-order valence-electron chi connectivity index (χ4n) is 5.68. The van der Waals surface area contributed by atoms with E-state index in [4.69, 9.17) is 30.5 Å². The van der Waals surface area contributed by atoms with Crippen LogP contribution in [-0.2, 0) is 14.3 Å². The number of likely N-dealkylation sites (tertiary alicyclic amines) is 1. The van der Waals surface area contributed by atoms with Gasteiger partial charge in [-0.1, -0.05) is 31.5 Å². The number of hydrogen-bond donors (Lipinski definition) is 0. The lowest BCUT2D eigenvalue weighted by Crippen LogP contribution is -2.60. The summed E-state index contributed by atoms with van der Waals surface area (Å²) in [6.45, 7) is 19.0. The van der Waals surface area contributed by atoms with Gasteiger partial charge in [-0.15, -0.1) is 0 Å². The van der Waals surface area contributed by atoms with E-state index >= 15 is 4.39 Å². The zero-order valence-electron chi connectivity index (χ0n) is 28.7. The first-order valence-corrected chi connectivity index (χ1v) is 16.4. The predicted molar refractivity (Wildman–Crippen MR) is 181 cm³/mol. The number of esters is 1. The third-order valence-electron chi connectivity index (χ3n) is 8.23. The van der Waals surface area contributed by atoms with Crippen LogP contribution in [0.4, 0.5) is 4.39 Å². The maximum atomic E-state index is 18.2. The van der Waals surface area contributed by atoms with Crippen LogP contribution in [0.5, 0.6) is 11.6 Å². The molecule has 1 aromatic carbocycles. The number of halogens is 2. The van der Waals surface area contributed by atoms with Crippen LogP contribution >= 0.6 is 11.6 Å². The molecule has 46 heavy (non-hydrogen) atoms. The number of nitrogens with zero attached hydrogens (tertiary/aromatic N) is 3. The summed E-state index contributed by atoms with van der Waals surface area (Å²) in [6.07, 6.45) is 1.41. The summed E-state index contributed by atoms with van der Waals surface area (Å²) in [6, 6.07) is 9.21. The van der Waals surface area contributed by atoms with Crippen molar-refractivity contribution in [3.05, 3.63) is 58.4 Å². The maximum Gasteiger partial charge on any atom is 0.339 e. The molecule has 10 heteroatoms. The molecule has 0 spiro atoms. The van der Waals surface area contributed by atoms with E-state index in [9.17, 15) is 4.79 Å². The maximum absolute atomic E-state index is 18.2. The number of dihydropyridines is 1. The first-order valence-electron chi connectivity index (χ1n) is 16.1. The average molecular weight is 658 g/mol. The number of rotatable bonds is 11. The second kappa shape index (κ2) is 14.3. The van der Waals surface area contributed by atoms with Crippen molar-refractivity contribution in [2.24, 2.45) is 10.4 Å². The highest BCUT2D eigenvalue weighted by molar-refractivity contribution is 6.32. The number of carbonyl (C=O) groups is 1. The second-order valence-electron chi connectivity index (χ2n) is 14.2. The normalized spacial score (nSPS) is 20.8. The molecule has 0 bridgehead atoms. The number of piperidine rings is 1. The van der Waals surface area contributed by atoms with Crippen LogP contribution in [0.1, 0.15) is 79.4 Å². The standard InChI is InChI=1S/C36H49ClFN3O5/c1-23(2)45-33(42)32(46-34(5,6)7)36(38)25(4)39-22-27(31(36)41-16-14-35(8,9)15-17-41)26-11-13-30(40-21-26)44-19-18-43-29-12-10-24(3)20-28(29)37/h10-13,20-21,23,32H,14-19,22H2,1-9H3. The zero-order chi connectivity index (χ0) is 33.9. The number of carbonyl (C=O) groups excluding carboxylic acids is 1. The van der Waals surface area contributed by atoms with E-state index in [0.717, 1.165) is 18.4 Å². The molecule has 2 aliphatic heterocycles. The second-order valence-corrected chi connectivity index (χ2v) is 14.6. The van der Waals surface area contributed by atoms with E-state index in [0.29, 0.717) is 46.6 Å². The fraction of sp³-hybridized carbons (Fsp3) is 0.583. The highest BCUT2D eigenvalue weighted by Gasteiger charge is 2.57. The number of ether oxygens (including phenoxy) is 4. The smallest absolute Gasteiger partial charge is 0.339 e. The van der Waals surface area contributed by atoms with Gasteiger partial charge in [0.1, 0.15) is 19.0 Å². The first kappa shape index (κ1) is 35.7. The summed E-state index contributed by atoms with van der Waals surface area (Å²) in [5, 5.41) is 0.547. The lowest BCUT2D eigenvalue weighted by atomic mass is 9.78. The number of aliphatic imine (C=N–C) groups is 1. The Kier molecular flexibility index (Phi) is 11.1. The summed E-state index contributed by atoms with van der Waals surface area (Å²) in [7, 11) is 0. The minimum Gasteiger partial charge on any atom is -0.488 e. The summed E-state index contributed by atoms with van der Waals surface area (Å²) >= 11 is 6.26. The largest absolute Gasteiger partial charge is 0.488 e. The predicted octanol–water partition coefficient (Wildman–Crippen LogP) is 7.65. The number of pyridine rings is 1. The van der Waals surface area contributed by atoms with Crippen molar-refractivity contribution in [3.8, 4) is 11.6 Å². The van der Waals surface area contributed by atoms with Crippen molar-refractivity contribution in [2.75, 3.05) is 32.8 Å². The molecule has 0 saturated carbocycles. The van der Waals surface area contributed by atoms with Crippen LogP contribution in [0.25, 0.3) is 5.57 Å². The number of hydrogen-bond acceptors (Lipinski definition) is 8. The molecule has 0 amide bonds. The van der Waals surface area contributed by atoms with Crippen molar-refractivity contribution in [1.29, 1.82) is 0 Å². The molecular weight excluding hydrogens is 609 g/mol. The highest BCUT2D eigenvalue weighted by atomic mass is 35.5. The SMILES string of the molecule is CC1=NCC(c2ccc(OCCOc3ccc(C)cc3Cl)nc2)=C(N2CCC(C)(C)CC2)C1(F)C(OC(C)(C)C)C(=O)OC(C)C. The van der Waals surface area contributed by atoms with Gasteiger partial charge in [0, 0.05) is 30.9 Å². The lowest BCUT2D eigenvalue weighted by Gasteiger charge is -2.47. The van der Waals surface area contributed by atoms with E-state index in [1.807, 2.05) is 31.2 Å². The quantitative estimate of drug-likeness (QED) is 0.181. The van der Waals surface area contributed by atoms with Gasteiger partial charge in [0.05, 0.1) is 34.7 Å². The summed E-state index contributed by atoms with van der Waals surface area (Å²) in [4.78, 5) is 24.8. The minimum atomic E-state index is -2.36. The fourth-order valence-corrected chi connectivity index (χ4v) is 5.97. The average Bonchev–Trinajstić information content (AvgIpc) is 2.96. The Labute approximate surface area is 278 Å². The summed E-state index contributed by atoms with van der Waals surface area (Å²) < 4.78 is 41.6. The molecule has 1 saturated heterocycles. The van der Waals surface area contributed by atoms with Crippen LogP contribution in [0, 0.1) is 12.3 Å². The van der Waals surface area contributed by atoms with Crippen LogP contribution in [-0.4, -0.2) is 77.9 Å². The van der Waals surface area contributed by atoms with Crippen LogP contribution in [0.15, 0.2) is 47.2 Å². The number of benzene rings is 1. The van der Waals surface area contributed by atoms with Crippen LogP contribution in [0.3, 0.4) is 0 Å². The van der Waals surface area contributed by atoms with Crippen molar-refractivity contribution < 1.29 is 28.1 Å². The van der Waals surface area contributed by atoms with Crippen molar-refractivity contribution >= 4 is 28.9 Å². The minimum absolute atomic E-state index is 0.126. The van der Waals surface area contributed by atoms with E-state index < -0.39 is 29.4 Å². The van der Waals surface area contributed by atoms with Gasteiger partial charge in [-0.2, -0.15) is 0 Å². The Bertz CT molecular complexity index is 1440. The van der Waals surface area contributed by atoms with Crippen molar-refractivity contribution in [3.63, 3.8) is 0 Å². The third-order valence-corrected chi connectivity index (χ3v) is 8.52. The van der Waals surface area contributed by atoms with Crippen molar-refractivity contribution in [1.82, 2.24) is 9.88 Å². The number of alkyl halides is 1. The van der Waals surface area contributed by atoms with Crippen LogP contribution in [0.2, 0.25) is 5.02 Å². The molecule has 4 rings (SSSR count). The monoisotopic (exact) mass is 657 g/mol. The third kappa shape index (κ3) is 8.59. The zero-order valence-corrected chi connectivity index (χ0v) is 29.5.